The van der Waals surface area contributed by atoms with Crippen LogP contribution in [0.4, 0.5) is 0 Å². The van der Waals surface area contributed by atoms with Crippen molar-refractivity contribution in [2.75, 3.05) is 0 Å². The van der Waals surface area contributed by atoms with Gasteiger partial charge in [0.2, 0.25) is 0 Å². The van der Waals surface area contributed by atoms with E-state index in [2.05, 4.69) is 11.9 Å². The Bertz CT molecular complexity index is 169. The third-order valence-electron chi connectivity index (χ3n) is 0.880. The van der Waals surface area contributed by atoms with Gasteiger partial charge in [0, 0.05) is 11.1 Å². The Balaban J connectivity index is 2.84. The van der Waals surface area contributed by atoms with Crippen LogP contribution in [0.5, 0.6) is 0 Å². The van der Waals surface area contributed by atoms with E-state index in [4.69, 9.17) is 0 Å². The largest absolute Gasteiger partial charge is 0.247 e. The van der Waals surface area contributed by atoms with Crippen LogP contribution in [-0.2, 0) is 6.42 Å². The summed E-state index contributed by atoms with van der Waals surface area (Å²) in [6, 6.07) is 0. The first kappa shape index (κ1) is 5.76. The van der Waals surface area contributed by atoms with Crippen molar-refractivity contribution in [2.24, 2.45) is 0 Å². The van der Waals surface area contributed by atoms with Crippen LogP contribution in [0.25, 0.3) is 0 Å². The summed E-state index contributed by atoms with van der Waals surface area (Å²) in [5.41, 5.74) is 1.11. The van der Waals surface area contributed by atoms with E-state index in [1.165, 1.54) is 0 Å². The lowest BCUT2D eigenvalue weighted by molar-refractivity contribution is 1.13. The number of thiazole rings is 1. The van der Waals surface area contributed by atoms with E-state index in [9.17, 15) is 0 Å². The van der Waals surface area contributed by atoms with Gasteiger partial charge in [0.05, 0.1) is 5.01 Å². The molecule has 0 aromatic carbocycles. The quantitative estimate of drug-likeness (QED) is 0.559. The fraction of sp³-hybridized carbons (Fsp3) is 0.333. The van der Waals surface area contributed by atoms with Crippen LogP contribution in [0.3, 0.4) is 0 Å². The Kier molecular flexibility index (Phi) is 1.63. The Morgan fingerprint density at radius 1 is 1.88 bits per heavy atom. The Morgan fingerprint density at radius 2 is 2.62 bits per heavy atom. The first-order chi connectivity index (χ1) is 3.83. The van der Waals surface area contributed by atoms with E-state index < -0.39 is 0 Å². The van der Waals surface area contributed by atoms with Gasteiger partial charge in [0.1, 0.15) is 0 Å². The molecule has 0 bridgehead atoms. The van der Waals surface area contributed by atoms with Gasteiger partial charge in [-0.25, -0.2) is 4.98 Å². The molecule has 0 N–H and O–H groups in total. The minimum absolute atomic E-state index is 0.818. The minimum atomic E-state index is 0.818. The third kappa shape index (κ3) is 1.07. The van der Waals surface area contributed by atoms with Crippen molar-refractivity contribution >= 4 is 11.3 Å². The number of nitrogens with zero attached hydrogens (tertiary/aromatic N) is 1. The Labute approximate surface area is 53.4 Å². The van der Waals surface area contributed by atoms with E-state index in [0.29, 0.717) is 0 Å². The molecule has 0 saturated carbocycles. The van der Waals surface area contributed by atoms with Crippen LogP contribution in [-0.4, -0.2) is 4.98 Å². The first-order valence-corrected chi connectivity index (χ1v) is 3.41. The van der Waals surface area contributed by atoms with Gasteiger partial charge in [-0.1, -0.05) is 0 Å². The number of hydrogen-bond donors (Lipinski definition) is 0. The molecule has 8 heavy (non-hydrogen) atoms. The van der Waals surface area contributed by atoms with Crippen LogP contribution >= 0.6 is 11.3 Å². The molecule has 1 radical (unpaired) electrons. The number of aryl methyl sites for hydroxylation is 1. The molecule has 1 heterocycles. The van der Waals surface area contributed by atoms with Crippen molar-refractivity contribution in [2.45, 2.75) is 13.3 Å². The molecule has 1 rings (SSSR count). The summed E-state index contributed by atoms with van der Waals surface area (Å²) in [4.78, 5) is 4.19. The number of hydrogen-bond acceptors (Lipinski definition) is 2. The van der Waals surface area contributed by atoms with Gasteiger partial charge < -0.3 is 0 Å². The summed E-state index contributed by atoms with van der Waals surface area (Å²) in [7, 11) is 0. The first-order valence-electron chi connectivity index (χ1n) is 2.53. The molecule has 0 amide bonds. The molecule has 0 saturated heterocycles. The normalized spacial score (nSPS) is 9.75. The maximum Gasteiger partial charge on any atom is 0.0928 e. The summed E-state index contributed by atoms with van der Waals surface area (Å²) in [5.74, 6) is 0. The lowest BCUT2D eigenvalue weighted by Gasteiger charge is -1.79. The zero-order valence-electron chi connectivity index (χ0n) is 4.85. The predicted octanol–water partition coefficient (Wildman–Crippen LogP) is 1.83. The predicted molar refractivity (Wildman–Crippen MR) is 35.9 cm³/mol. The van der Waals surface area contributed by atoms with Gasteiger partial charge in [-0.3, -0.25) is 0 Å². The van der Waals surface area contributed by atoms with Crippen molar-refractivity contribution < 1.29 is 0 Å². The van der Waals surface area contributed by atoms with Crippen molar-refractivity contribution in [3.05, 3.63) is 23.0 Å². The van der Waals surface area contributed by atoms with Crippen LogP contribution in [0.15, 0.2) is 5.38 Å². The lowest BCUT2D eigenvalue weighted by Crippen LogP contribution is -1.75. The Morgan fingerprint density at radius 3 is 2.88 bits per heavy atom. The fourth-order valence-corrected chi connectivity index (χ4v) is 1.19. The molecular formula is C6H8NS. The summed E-state index contributed by atoms with van der Waals surface area (Å²) in [6.07, 6.45) is 0.818. The molecule has 0 aliphatic rings. The van der Waals surface area contributed by atoms with Gasteiger partial charge in [-0.2, -0.15) is 0 Å². The fourth-order valence-electron chi connectivity index (χ4n) is 0.518. The second-order valence-electron chi connectivity index (χ2n) is 1.63. The van der Waals surface area contributed by atoms with Crippen molar-refractivity contribution in [3.63, 3.8) is 0 Å². The summed E-state index contributed by atoms with van der Waals surface area (Å²) in [6.45, 7) is 5.71. The van der Waals surface area contributed by atoms with Crippen molar-refractivity contribution in [1.82, 2.24) is 4.98 Å². The highest BCUT2D eigenvalue weighted by Crippen LogP contribution is 2.07. The molecule has 0 unspecified atom stereocenters. The molecule has 0 atom stereocenters. The van der Waals surface area contributed by atoms with Crippen LogP contribution in [0.1, 0.15) is 10.7 Å². The smallest absolute Gasteiger partial charge is 0.0928 e. The minimum Gasteiger partial charge on any atom is -0.247 e. The van der Waals surface area contributed by atoms with Gasteiger partial charge in [0.15, 0.2) is 0 Å². The monoisotopic (exact) mass is 126 g/mol. The van der Waals surface area contributed by atoms with Crippen LogP contribution in [0.2, 0.25) is 0 Å². The number of rotatable bonds is 1. The lowest BCUT2D eigenvalue weighted by atomic mass is 10.5. The summed E-state index contributed by atoms with van der Waals surface area (Å²) >= 11 is 1.68. The molecule has 2 heteroatoms. The molecule has 1 aromatic heterocycles. The summed E-state index contributed by atoms with van der Waals surface area (Å²) < 4.78 is 0. The van der Waals surface area contributed by atoms with E-state index >= 15 is 0 Å². The van der Waals surface area contributed by atoms with E-state index in [-0.39, 0.29) is 0 Å². The highest BCUT2D eigenvalue weighted by atomic mass is 32.1. The zero-order valence-corrected chi connectivity index (χ0v) is 5.66. The Hall–Kier alpha value is -0.370. The van der Waals surface area contributed by atoms with E-state index in [1.807, 2.05) is 12.3 Å². The second kappa shape index (κ2) is 2.27. The highest BCUT2D eigenvalue weighted by Gasteiger charge is 1.91. The number of aromatic nitrogens is 1. The standard InChI is InChI=1S/C6H8NS/c1-3-6-7-5(2)4-8-6/h4H,1,3H2,2H3. The highest BCUT2D eigenvalue weighted by molar-refractivity contribution is 7.09. The van der Waals surface area contributed by atoms with Crippen molar-refractivity contribution in [3.8, 4) is 0 Å². The molecule has 0 aliphatic heterocycles. The molecule has 0 fully saturated rings. The molecule has 0 spiro atoms. The molecule has 1 aromatic rings. The van der Waals surface area contributed by atoms with Gasteiger partial charge in [-0.15, -0.1) is 11.3 Å². The van der Waals surface area contributed by atoms with E-state index in [1.54, 1.807) is 11.3 Å². The maximum atomic E-state index is 4.19. The average molecular weight is 126 g/mol. The SMILES string of the molecule is [CH2]Cc1nc(C)cs1. The molecule has 43 valence electrons. The molecule has 1 nitrogen and oxygen atoms in total. The maximum absolute atomic E-state index is 4.19. The third-order valence-corrected chi connectivity index (χ3v) is 1.91. The second-order valence-corrected chi connectivity index (χ2v) is 2.58. The van der Waals surface area contributed by atoms with Gasteiger partial charge in [-0.05, 0) is 20.3 Å². The zero-order chi connectivity index (χ0) is 5.98. The average Bonchev–Trinajstić information content (AvgIpc) is 2.14. The molecular weight excluding hydrogens is 118 g/mol. The summed E-state index contributed by atoms with van der Waals surface area (Å²) in [5, 5.41) is 3.17. The van der Waals surface area contributed by atoms with Gasteiger partial charge in [0.25, 0.3) is 0 Å². The van der Waals surface area contributed by atoms with E-state index in [0.717, 1.165) is 17.1 Å². The topological polar surface area (TPSA) is 12.9 Å². The van der Waals surface area contributed by atoms with Crippen LogP contribution < -0.4 is 0 Å². The van der Waals surface area contributed by atoms with Gasteiger partial charge >= 0.3 is 0 Å². The van der Waals surface area contributed by atoms with Crippen LogP contribution in [0, 0.1) is 13.8 Å². The molecule has 0 aliphatic carbocycles. The van der Waals surface area contributed by atoms with Crippen molar-refractivity contribution in [1.29, 1.82) is 0 Å².